The maximum Gasteiger partial charge on any atom is 0.404 e. The number of amides is 1. The molecule has 0 aromatic heterocycles. The minimum absolute atomic E-state index is 0.174. The van der Waals surface area contributed by atoms with Gasteiger partial charge in [-0.15, -0.1) is 0 Å². The van der Waals surface area contributed by atoms with Gasteiger partial charge in [-0.1, -0.05) is 206 Å². The Labute approximate surface area is 282 Å². The fourth-order valence-corrected chi connectivity index (χ4v) is 6.19. The third kappa shape index (κ3) is 39.3. The van der Waals surface area contributed by atoms with E-state index >= 15 is 0 Å². The summed E-state index contributed by atoms with van der Waals surface area (Å²) >= 11 is 0. The number of ether oxygens (including phenoxy) is 3. The first-order chi connectivity index (χ1) is 22.2. The summed E-state index contributed by atoms with van der Waals surface area (Å²) < 4.78 is 16.9. The van der Waals surface area contributed by atoms with Crippen LogP contribution < -0.4 is 5.73 Å². The summed E-state index contributed by atoms with van der Waals surface area (Å²) in [6.45, 7) is 6.64. The second kappa shape index (κ2) is 39.4. The zero-order valence-corrected chi connectivity index (χ0v) is 30.7. The van der Waals surface area contributed by atoms with Crippen LogP contribution in [0.2, 0.25) is 0 Å². The predicted octanol–water partition coefficient (Wildman–Crippen LogP) is 13.0. The monoisotopic (exact) mass is 640 g/mol. The van der Waals surface area contributed by atoms with Crippen LogP contribution in [-0.4, -0.2) is 38.6 Å². The van der Waals surface area contributed by atoms with E-state index in [1.54, 1.807) is 0 Å². The summed E-state index contributed by atoms with van der Waals surface area (Å²) in [5.41, 5.74) is 5.18. The van der Waals surface area contributed by atoms with E-state index in [1.807, 2.05) is 0 Å². The molecule has 0 radical (unpaired) electrons. The summed E-state index contributed by atoms with van der Waals surface area (Å²) in [5.74, 6) is 0. The Morgan fingerprint density at radius 1 is 0.422 bits per heavy atom. The van der Waals surface area contributed by atoms with Crippen LogP contribution in [0.15, 0.2) is 0 Å². The Bertz CT molecular complexity index is 558. The zero-order chi connectivity index (χ0) is 32.7. The van der Waals surface area contributed by atoms with Crippen molar-refractivity contribution in [3.63, 3.8) is 0 Å². The van der Waals surface area contributed by atoms with Crippen LogP contribution in [0.3, 0.4) is 0 Å². The molecule has 0 spiro atoms. The van der Waals surface area contributed by atoms with Crippen molar-refractivity contribution in [2.24, 2.45) is 5.73 Å². The van der Waals surface area contributed by atoms with Crippen molar-refractivity contribution in [1.82, 2.24) is 0 Å². The topological polar surface area (TPSA) is 70.8 Å². The van der Waals surface area contributed by atoms with E-state index in [0.717, 1.165) is 19.4 Å². The number of rotatable bonds is 39. The summed E-state index contributed by atoms with van der Waals surface area (Å²) in [6, 6.07) is 0. The van der Waals surface area contributed by atoms with Crippen LogP contribution in [0.25, 0.3) is 0 Å². The van der Waals surface area contributed by atoms with Gasteiger partial charge in [-0.25, -0.2) is 4.79 Å². The van der Waals surface area contributed by atoms with Crippen molar-refractivity contribution in [3.05, 3.63) is 0 Å². The van der Waals surface area contributed by atoms with Crippen LogP contribution in [0, 0.1) is 0 Å². The molecule has 0 aromatic carbocycles. The zero-order valence-electron chi connectivity index (χ0n) is 30.7. The fraction of sp³-hybridized carbons (Fsp3) is 0.975. The highest BCUT2D eigenvalue weighted by molar-refractivity contribution is 5.64. The molecule has 2 N–H and O–H groups in total. The fourth-order valence-electron chi connectivity index (χ4n) is 6.19. The van der Waals surface area contributed by atoms with Gasteiger partial charge in [0.2, 0.25) is 0 Å². The molecule has 1 atom stereocenters. The van der Waals surface area contributed by atoms with Gasteiger partial charge in [-0.2, -0.15) is 0 Å². The molecule has 45 heavy (non-hydrogen) atoms. The molecule has 0 aliphatic rings. The van der Waals surface area contributed by atoms with Crippen LogP contribution in [0.5, 0.6) is 0 Å². The van der Waals surface area contributed by atoms with Gasteiger partial charge in [0.15, 0.2) is 0 Å². The lowest BCUT2D eigenvalue weighted by atomic mass is 10.0. The molecule has 5 nitrogen and oxygen atoms in total. The van der Waals surface area contributed by atoms with Gasteiger partial charge in [0.05, 0.1) is 6.61 Å². The molecule has 0 saturated carbocycles. The smallest absolute Gasteiger partial charge is 0.404 e. The summed E-state index contributed by atoms with van der Waals surface area (Å²) in [5, 5.41) is 0. The minimum Gasteiger partial charge on any atom is -0.447 e. The van der Waals surface area contributed by atoms with Gasteiger partial charge in [-0.05, 0) is 12.8 Å². The number of unbranched alkanes of at least 4 members (excludes halogenated alkanes) is 30. The Morgan fingerprint density at radius 3 is 1.02 bits per heavy atom. The second-order valence-corrected chi connectivity index (χ2v) is 13.8. The van der Waals surface area contributed by atoms with Crippen molar-refractivity contribution in [1.29, 1.82) is 0 Å². The maximum absolute atomic E-state index is 11.1. The summed E-state index contributed by atoms with van der Waals surface area (Å²) in [7, 11) is 0. The van der Waals surface area contributed by atoms with Gasteiger partial charge < -0.3 is 19.9 Å². The third-order valence-corrected chi connectivity index (χ3v) is 9.21. The van der Waals surface area contributed by atoms with Gasteiger partial charge in [0, 0.05) is 13.2 Å². The predicted molar refractivity (Wildman–Crippen MR) is 195 cm³/mol. The Kier molecular flexibility index (Phi) is 38.7. The molecular weight excluding hydrogens is 558 g/mol. The van der Waals surface area contributed by atoms with E-state index < -0.39 is 6.09 Å². The van der Waals surface area contributed by atoms with Crippen molar-refractivity contribution in [3.8, 4) is 0 Å². The quantitative estimate of drug-likeness (QED) is 0.0679. The molecule has 0 aliphatic heterocycles. The highest BCUT2D eigenvalue weighted by Crippen LogP contribution is 2.15. The number of primary amides is 1. The number of nitrogens with two attached hydrogens (primary N) is 1. The van der Waals surface area contributed by atoms with E-state index in [0.29, 0.717) is 13.2 Å². The second-order valence-electron chi connectivity index (χ2n) is 13.8. The van der Waals surface area contributed by atoms with E-state index in [-0.39, 0.29) is 12.7 Å². The van der Waals surface area contributed by atoms with E-state index in [2.05, 4.69) is 13.8 Å². The first-order valence-corrected chi connectivity index (χ1v) is 20.3. The molecule has 0 bridgehead atoms. The average Bonchev–Trinajstić information content (AvgIpc) is 3.04. The molecule has 0 aliphatic carbocycles. The molecule has 0 fully saturated rings. The van der Waals surface area contributed by atoms with Crippen molar-refractivity contribution >= 4 is 6.09 Å². The molecule has 0 aromatic rings. The molecule has 0 rings (SSSR count). The molecule has 0 unspecified atom stereocenters. The molecular formula is C40H81NO4. The third-order valence-electron chi connectivity index (χ3n) is 9.21. The first kappa shape index (κ1) is 44.2. The minimum atomic E-state index is -0.746. The molecule has 5 heteroatoms. The molecule has 0 heterocycles. The van der Waals surface area contributed by atoms with Gasteiger partial charge in [0.25, 0.3) is 0 Å². The highest BCUT2D eigenvalue weighted by atomic mass is 16.6. The largest absolute Gasteiger partial charge is 0.447 e. The average molecular weight is 640 g/mol. The lowest BCUT2D eigenvalue weighted by molar-refractivity contribution is -0.0459. The lowest BCUT2D eigenvalue weighted by Crippen LogP contribution is -2.29. The molecule has 1 amide bonds. The van der Waals surface area contributed by atoms with Crippen LogP contribution in [0.4, 0.5) is 4.79 Å². The Balaban J connectivity index is 3.52. The van der Waals surface area contributed by atoms with E-state index in [4.69, 9.17) is 19.9 Å². The summed E-state index contributed by atoms with van der Waals surface area (Å²) in [4.78, 5) is 11.1. The van der Waals surface area contributed by atoms with Crippen molar-refractivity contribution in [2.75, 3.05) is 26.4 Å². The van der Waals surface area contributed by atoms with E-state index in [9.17, 15) is 4.79 Å². The standard InChI is InChI=1S/C40H81NO4/c1-3-5-7-9-11-13-15-17-19-21-23-25-27-29-31-33-35-43-37-39(38-45-40(41)42)44-36-34-32-30-28-26-24-22-20-18-16-14-12-10-8-6-4-2/h39H,3-38H2,1-2H3,(H2,41,42)/t39-/m1/s1. The first-order valence-electron chi connectivity index (χ1n) is 20.3. The van der Waals surface area contributed by atoms with E-state index in [1.165, 1.54) is 193 Å². The van der Waals surface area contributed by atoms with Gasteiger partial charge in [0.1, 0.15) is 12.7 Å². The number of hydrogen-bond acceptors (Lipinski definition) is 4. The molecule has 270 valence electrons. The maximum atomic E-state index is 11.1. The SMILES string of the molecule is CCCCCCCCCCCCCCCCCCOC[C@H](COC(N)=O)OCCCCCCCCCCCCCCCCCC. The van der Waals surface area contributed by atoms with Crippen LogP contribution in [0.1, 0.15) is 219 Å². The number of hydrogen-bond donors (Lipinski definition) is 1. The van der Waals surface area contributed by atoms with Gasteiger partial charge in [-0.3, -0.25) is 0 Å². The Morgan fingerprint density at radius 2 is 0.711 bits per heavy atom. The number of carbonyl (C=O) groups is 1. The van der Waals surface area contributed by atoms with Gasteiger partial charge >= 0.3 is 6.09 Å². The normalized spacial score (nSPS) is 12.1. The van der Waals surface area contributed by atoms with Crippen LogP contribution >= 0.6 is 0 Å². The van der Waals surface area contributed by atoms with Crippen molar-refractivity contribution in [2.45, 2.75) is 225 Å². The highest BCUT2D eigenvalue weighted by Gasteiger charge is 2.12. The lowest BCUT2D eigenvalue weighted by Gasteiger charge is -2.17. The van der Waals surface area contributed by atoms with Crippen molar-refractivity contribution < 1.29 is 19.0 Å². The number of carbonyl (C=O) groups excluding carboxylic acids is 1. The molecule has 0 saturated heterocycles. The van der Waals surface area contributed by atoms with Crippen LogP contribution in [-0.2, 0) is 14.2 Å². The summed E-state index contributed by atoms with van der Waals surface area (Å²) in [6.07, 6.45) is 42.7. The Hall–Kier alpha value is -0.810.